The van der Waals surface area contributed by atoms with Crippen molar-refractivity contribution in [1.29, 1.82) is 0 Å². The van der Waals surface area contributed by atoms with Crippen molar-refractivity contribution in [2.45, 2.75) is 33.1 Å². The van der Waals surface area contributed by atoms with Gasteiger partial charge in [0.15, 0.2) is 0 Å². The summed E-state index contributed by atoms with van der Waals surface area (Å²) in [6, 6.07) is 184. The Hall–Kier alpha value is -18.1. The summed E-state index contributed by atoms with van der Waals surface area (Å²) in [6.45, 7) is 8.88. The van der Waals surface area contributed by atoms with E-state index in [1.54, 1.807) is 0 Å². The van der Waals surface area contributed by atoms with Gasteiger partial charge < -0.3 is 28.0 Å². The van der Waals surface area contributed by atoms with Crippen molar-refractivity contribution in [2.75, 3.05) is 14.7 Å². The minimum Gasteiger partial charge on any atom is -0.456 e. The van der Waals surface area contributed by atoms with E-state index in [9.17, 15) is 0 Å². The first kappa shape index (κ1) is 85.8. The number of fused-ring (bicyclic) bond motifs is 15. The lowest BCUT2D eigenvalue weighted by Gasteiger charge is -2.27. The van der Waals surface area contributed by atoms with Gasteiger partial charge in [-0.2, -0.15) is 0 Å². The van der Waals surface area contributed by atoms with Crippen LogP contribution >= 0.6 is 0 Å². The lowest BCUT2D eigenvalue weighted by atomic mass is 9.86. The summed E-state index contributed by atoms with van der Waals surface area (Å²) < 4.78 is 19.1. The maximum absolute atomic E-state index is 6.63. The molecule has 26 aromatic rings. The van der Waals surface area contributed by atoms with Crippen molar-refractivity contribution >= 4 is 160 Å². The van der Waals surface area contributed by atoms with E-state index < -0.39 is 0 Å². The zero-order chi connectivity index (χ0) is 94.4. The summed E-state index contributed by atoms with van der Waals surface area (Å²) >= 11 is 0. The molecule has 0 amide bonds. The number of nitrogens with zero attached hydrogens (tertiary/aromatic N) is 3. The molecule has 0 fully saturated rings. The first-order chi connectivity index (χ1) is 69.4. The highest BCUT2D eigenvalue weighted by Crippen LogP contribution is 2.49. The zero-order valence-electron chi connectivity index (χ0n) is 78.6. The summed E-state index contributed by atoms with van der Waals surface area (Å²) in [6.07, 6.45) is 0. The van der Waals surface area contributed by atoms with Crippen LogP contribution in [-0.2, 0) is 5.41 Å². The van der Waals surface area contributed by atoms with Crippen molar-refractivity contribution in [2.24, 2.45) is 0 Å². The molecule has 6 nitrogen and oxygen atoms in total. The number of aryl methyl sites for hydroxylation is 1. The number of anilines is 9. The smallest absolute Gasteiger partial charge is 0.143 e. The number of hydrogen-bond acceptors (Lipinski definition) is 6. The molecule has 0 aliphatic heterocycles. The van der Waals surface area contributed by atoms with E-state index in [1.807, 2.05) is 12.1 Å². The molecule has 0 aliphatic rings. The van der Waals surface area contributed by atoms with Crippen LogP contribution in [0.5, 0.6) is 0 Å². The molecule has 0 spiro atoms. The van der Waals surface area contributed by atoms with Crippen molar-refractivity contribution in [3.05, 3.63) is 527 Å². The van der Waals surface area contributed by atoms with Crippen molar-refractivity contribution in [3.8, 4) is 77.9 Å². The third-order valence-electron chi connectivity index (χ3n) is 27.6. The number of para-hydroxylation sites is 2. The van der Waals surface area contributed by atoms with Crippen molar-refractivity contribution in [3.63, 3.8) is 0 Å². The number of rotatable bonds is 16. The van der Waals surface area contributed by atoms with Crippen molar-refractivity contribution < 1.29 is 13.3 Å². The summed E-state index contributed by atoms with van der Waals surface area (Å²) in [5.74, 6) is 0. The average molecular weight is 1810 g/mol. The Labute approximate surface area is 820 Å². The molecule has 0 saturated heterocycles. The van der Waals surface area contributed by atoms with Crippen LogP contribution in [0.1, 0.15) is 31.9 Å². The first-order valence-corrected chi connectivity index (χ1v) is 48.4. The Balaban J connectivity index is 0.000000115. The second-order valence-corrected chi connectivity index (χ2v) is 37.5. The molecule has 0 unspecified atom stereocenters. The molecule has 6 heteroatoms. The van der Waals surface area contributed by atoms with Gasteiger partial charge in [-0.1, -0.05) is 372 Å². The average Bonchev–Trinajstić information content (AvgIpc) is 1.32. The molecule has 0 saturated carbocycles. The fourth-order valence-electron chi connectivity index (χ4n) is 20.3. The second kappa shape index (κ2) is 36.8. The Morgan fingerprint density at radius 3 is 1.11 bits per heavy atom. The Morgan fingerprint density at radius 1 is 0.170 bits per heavy atom. The first-order valence-electron chi connectivity index (χ1n) is 48.4. The second-order valence-electron chi connectivity index (χ2n) is 37.5. The van der Waals surface area contributed by atoms with Gasteiger partial charge in [0.1, 0.15) is 33.5 Å². The Kier molecular flexibility index (Phi) is 22.4. The maximum atomic E-state index is 6.63. The van der Waals surface area contributed by atoms with Gasteiger partial charge in [-0.05, 0) is 298 Å². The fourth-order valence-corrected chi connectivity index (χ4v) is 20.3. The highest BCUT2D eigenvalue weighted by atomic mass is 16.3. The summed E-state index contributed by atoms with van der Waals surface area (Å²) in [5, 5.41) is 16.5. The van der Waals surface area contributed by atoms with E-state index in [0.717, 1.165) is 128 Å². The van der Waals surface area contributed by atoms with Crippen LogP contribution in [0.4, 0.5) is 51.2 Å². The van der Waals surface area contributed by atoms with Crippen molar-refractivity contribution in [1.82, 2.24) is 0 Å². The molecular formula is C135H97N3O3. The molecule has 141 heavy (non-hydrogen) atoms. The Bertz CT molecular complexity index is 9020. The van der Waals surface area contributed by atoms with Crippen LogP contribution in [0.15, 0.2) is 529 Å². The van der Waals surface area contributed by atoms with E-state index in [1.165, 1.54) is 121 Å². The van der Waals surface area contributed by atoms with Crippen LogP contribution in [0, 0.1) is 6.92 Å². The molecular weight excluding hydrogens is 1710 g/mol. The predicted molar refractivity (Wildman–Crippen MR) is 597 cm³/mol. The Morgan fingerprint density at radius 2 is 0.518 bits per heavy atom. The number of furan rings is 3. The van der Waals surface area contributed by atoms with Gasteiger partial charge in [-0.3, -0.25) is 0 Å². The molecule has 3 aromatic heterocycles. The van der Waals surface area contributed by atoms with E-state index in [2.05, 4.69) is 546 Å². The van der Waals surface area contributed by atoms with Gasteiger partial charge in [0, 0.05) is 94.5 Å². The third-order valence-corrected chi connectivity index (χ3v) is 27.6. The molecule has 3 heterocycles. The van der Waals surface area contributed by atoms with Gasteiger partial charge in [0.2, 0.25) is 0 Å². The highest BCUT2D eigenvalue weighted by Gasteiger charge is 2.25. The topological polar surface area (TPSA) is 49.1 Å². The minimum atomic E-state index is 0.0798. The quantitative estimate of drug-likeness (QED) is 0.0961. The normalized spacial score (nSPS) is 11.5. The standard InChI is InChI=1S/C49H33NO.C46H31NO.C40H33NO/c1-32-17-19-34(20-18-32)35-21-25-40(26-22-35)50(42-27-23-33-9-2-3-11-37(33)29-42)41-14-8-13-39(30-41)47-44-16-7-5-12-38(44)31-46-49(47)48-43-15-6-4-10-36(43)24-28-45(48)51-46;1-3-9-32(10-4-1)34-15-23-39(24-16-34)47(40-25-17-35(18-26-40)33-11-5-2-6-12-33)41-27-19-36(20-28-41)37-21-29-42-38(31-37)22-30-44-43-13-7-8-14-45(43)48-46(42)44;1-40(2,3)32-20-24-39-37(27-32)36-26-31(19-23-38(36)42-39)29-17-21-34(22-18-29)41(33-14-8-5-9-15-33)35-16-10-13-30(25-35)28-11-6-4-7-12-28/h2-31H,1H3;1-31H;4-27H,1-3H3. The largest absolute Gasteiger partial charge is 0.456 e. The molecule has 0 bridgehead atoms. The van der Waals surface area contributed by atoms with Gasteiger partial charge in [0.05, 0.1) is 0 Å². The molecule has 26 rings (SSSR count). The van der Waals surface area contributed by atoms with Gasteiger partial charge in [0.25, 0.3) is 0 Å². The SMILES string of the molecule is CC(C)(C)c1ccc2oc3ccc(-c4ccc(N(c5ccccc5)c5cccc(-c6ccccc6)c5)cc4)cc3c2c1.Cc1ccc(-c2ccc(N(c3cccc(-c4c5ccccc5cc5oc6ccc7ccccc7c6c45)c3)c3ccc4ccccc4c3)cc2)cc1.c1ccc(-c2ccc(N(c3ccc(-c4ccccc4)cc3)c3ccc(-c4ccc5c(ccc6c7ccccc7oc56)c4)cc3)cc2)cc1. The van der Waals surface area contributed by atoms with Crippen LogP contribution in [0.3, 0.4) is 0 Å². The number of benzene rings is 23. The van der Waals surface area contributed by atoms with Crippen LogP contribution in [0.25, 0.3) is 187 Å². The molecule has 670 valence electrons. The number of hydrogen-bond donors (Lipinski definition) is 0. The van der Waals surface area contributed by atoms with E-state index in [0.29, 0.717) is 0 Å². The summed E-state index contributed by atoms with van der Waals surface area (Å²) in [5.41, 5.74) is 34.8. The zero-order valence-corrected chi connectivity index (χ0v) is 78.6. The van der Waals surface area contributed by atoms with Crippen LogP contribution in [0.2, 0.25) is 0 Å². The minimum absolute atomic E-state index is 0.0798. The maximum Gasteiger partial charge on any atom is 0.143 e. The summed E-state index contributed by atoms with van der Waals surface area (Å²) in [4.78, 5) is 7.02. The van der Waals surface area contributed by atoms with E-state index >= 15 is 0 Å². The van der Waals surface area contributed by atoms with E-state index in [4.69, 9.17) is 13.3 Å². The highest BCUT2D eigenvalue weighted by molar-refractivity contribution is 6.27. The van der Waals surface area contributed by atoms with Gasteiger partial charge in [-0.25, -0.2) is 0 Å². The van der Waals surface area contributed by atoms with Gasteiger partial charge >= 0.3 is 0 Å². The molecule has 0 radical (unpaired) electrons. The monoisotopic (exact) mass is 1810 g/mol. The lowest BCUT2D eigenvalue weighted by Crippen LogP contribution is -2.10. The molecule has 23 aromatic carbocycles. The molecule has 0 atom stereocenters. The van der Waals surface area contributed by atoms with Crippen LogP contribution < -0.4 is 14.7 Å². The molecule has 0 aliphatic carbocycles. The fraction of sp³-hybridized carbons (Fsp3) is 0.0370. The lowest BCUT2D eigenvalue weighted by molar-refractivity contribution is 0.590. The predicted octanol–water partition coefficient (Wildman–Crippen LogP) is 39.1. The summed E-state index contributed by atoms with van der Waals surface area (Å²) in [7, 11) is 0. The van der Waals surface area contributed by atoms with E-state index in [-0.39, 0.29) is 5.41 Å². The van der Waals surface area contributed by atoms with Crippen LogP contribution in [-0.4, -0.2) is 0 Å². The molecule has 0 N–H and O–H groups in total. The third kappa shape index (κ3) is 16.9. The van der Waals surface area contributed by atoms with Gasteiger partial charge in [-0.15, -0.1) is 0 Å².